The maximum atomic E-state index is 13.6. The van der Waals surface area contributed by atoms with Crippen molar-refractivity contribution in [3.05, 3.63) is 65.5 Å². The van der Waals surface area contributed by atoms with Gasteiger partial charge >= 0.3 is 12.2 Å². The van der Waals surface area contributed by atoms with E-state index in [1.807, 2.05) is 24.3 Å². The van der Waals surface area contributed by atoms with Crippen molar-refractivity contribution in [2.75, 3.05) is 20.2 Å². The Labute approximate surface area is 204 Å². The van der Waals surface area contributed by atoms with E-state index in [2.05, 4.69) is 19.2 Å². The van der Waals surface area contributed by atoms with Crippen LogP contribution in [0.25, 0.3) is 0 Å². The van der Waals surface area contributed by atoms with E-state index in [4.69, 9.17) is 4.74 Å². The van der Waals surface area contributed by atoms with Gasteiger partial charge in [0, 0.05) is 25.7 Å². The Morgan fingerprint density at radius 3 is 2.34 bits per heavy atom. The number of hydrogen-bond donors (Lipinski definition) is 1. The molecule has 0 saturated carbocycles. The SMILES string of the molecule is CC(C)COc1ccc(CNC(=O)N(Cc2ccc(F)cc2)[C@H]2CCN(C)[C@H](C(F)(F)F)C2)cc1. The third-order valence-corrected chi connectivity index (χ3v) is 6.14. The maximum Gasteiger partial charge on any atom is 0.404 e. The third kappa shape index (κ3) is 7.85. The fourth-order valence-electron chi connectivity index (χ4n) is 4.13. The van der Waals surface area contributed by atoms with Gasteiger partial charge in [0.15, 0.2) is 0 Å². The van der Waals surface area contributed by atoms with Crippen molar-refractivity contribution in [3.8, 4) is 5.75 Å². The van der Waals surface area contributed by atoms with Crippen LogP contribution in [0.15, 0.2) is 48.5 Å². The molecule has 3 rings (SSSR count). The first kappa shape index (κ1) is 26.8. The summed E-state index contributed by atoms with van der Waals surface area (Å²) in [5, 5.41) is 2.84. The molecular formula is C26H33F4N3O2. The van der Waals surface area contributed by atoms with E-state index in [0.29, 0.717) is 24.5 Å². The minimum Gasteiger partial charge on any atom is -0.493 e. The van der Waals surface area contributed by atoms with Gasteiger partial charge in [-0.15, -0.1) is 0 Å². The van der Waals surface area contributed by atoms with Gasteiger partial charge in [0.2, 0.25) is 0 Å². The molecule has 9 heteroatoms. The van der Waals surface area contributed by atoms with E-state index in [9.17, 15) is 22.4 Å². The van der Waals surface area contributed by atoms with Crippen LogP contribution in [0.4, 0.5) is 22.4 Å². The van der Waals surface area contributed by atoms with Crippen molar-refractivity contribution < 1.29 is 27.1 Å². The Balaban J connectivity index is 1.70. The summed E-state index contributed by atoms with van der Waals surface area (Å²) in [4.78, 5) is 15.9. The summed E-state index contributed by atoms with van der Waals surface area (Å²) >= 11 is 0. The number of rotatable bonds is 8. The van der Waals surface area contributed by atoms with Crippen molar-refractivity contribution in [1.29, 1.82) is 0 Å². The minimum absolute atomic E-state index is 0.0903. The lowest BCUT2D eigenvalue weighted by molar-refractivity contribution is -0.191. The van der Waals surface area contributed by atoms with Crippen LogP contribution in [0.1, 0.15) is 37.8 Å². The number of likely N-dealkylation sites (tertiary alicyclic amines) is 1. The summed E-state index contributed by atoms with van der Waals surface area (Å²) in [6.45, 7) is 5.25. The second kappa shape index (κ2) is 11.7. The van der Waals surface area contributed by atoms with Crippen LogP contribution in [0.2, 0.25) is 0 Å². The molecule has 0 aliphatic carbocycles. The number of halogens is 4. The highest BCUT2D eigenvalue weighted by atomic mass is 19.4. The Bertz CT molecular complexity index is 949. The molecule has 0 spiro atoms. The number of amides is 2. The molecule has 1 aliphatic rings. The van der Waals surface area contributed by atoms with Crippen LogP contribution < -0.4 is 10.1 Å². The van der Waals surface area contributed by atoms with Gasteiger partial charge in [-0.05, 0) is 61.2 Å². The summed E-state index contributed by atoms with van der Waals surface area (Å²) in [7, 11) is 1.45. The number of carbonyl (C=O) groups is 1. The number of benzene rings is 2. The number of hydrogen-bond acceptors (Lipinski definition) is 3. The minimum atomic E-state index is -4.38. The van der Waals surface area contributed by atoms with Crippen molar-refractivity contribution in [1.82, 2.24) is 15.1 Å². The molecule has 0 bridgehead atoms. The number of urea groups is 1. The maximum absolute atomic E-state index is 13.6. The predicted molar refractivity (Wildman–Crippen MR) is 126 cm³/mol. The molecule has 192 valence electrons. The van der Waals surface area contributed by atoms with Crippen LogP contribution in [-0.2, 0) is 13.1 Å². The topological polar surface area (TPSA) is 44.8 Å². The lowest BCUT2D eigenvalue weighted by Crippen LogP contribution is -2.56. The van der Waals surface area contributed by atoms with E-state index >= 15 is 0 Å². The van der Waals surface area contributed by atoms with E-state index in [1.54, 1.807) is 12.1 Å². The summed E-state index contributed by atoms with van der Waals surface area (Å²) < 4.78 is 59.8. The Hall–Kier alpha value is -2.81. The molecule has 1 N–H and O–H groups in total. The number of ether oxygens (including phenoxy) is 1. The normalized spacial score (nSPS) is 19.0. The Kier molecular flexibility index (Phi) is 8.99. The van der Waals surface area contributed by atoms with Gasteiger partial charge in [-0.1, -0.05) is 38.1 Å². The Morgan fingerprint density at radius 1 is 1.11 bits per heavy atom. The number of carbonyl (C=O) groups excluding carboxylic acids is 1. The zero-order chi connectivity index (χ0) is 25.6. The molecule has 2 aromatic rings. The molecule has 1 fully saturated rings. The van der Waals surface area contributed by atoms with Crippen molar-refractivity contribution in [3.63, 3.8) is 0 Å². The van der Waals surface area contributed by atoms with Gasteiger partial charge < -0.3 is 15.0 Å². The van der Waals surface area contributed by atoms with Crippen molar-refractivity contribution in [2.45, 2.75) is 58.0 Å². The summed E-state index contributed by atoms with van der Waals surface area (Å²) in [6.07, 6.45) is -4.18. The first-order valence-electron chi connectivity index (χ1n) is 11.8. The van der Waals surface area contributed by atoms with Crippen LogP contribution >= 0.6 is 0 Å². The van der Waals surface area contributed by atoms with Crippen molar-refractivity contribution in [2.24, 2.45) is 5.92 Å². The van der Waals surface area contributed by atoms with Crippen LogP contribution in [0.3, 0.4) is 0 Å². The third-order valence-electron chi connectivity index (χ3n) is 6.14. The molecule has 2 amide bonds. The summed E-state index contributed by atoms with van der Waals surface area (Å²) in [5.74, 6) is 0.718. The average Bonchev–Trinajstić information content (AvgIpc) is 2.81. The number of nitrogens with one attached hydrogen (secondary N) is 1. The van der Waals surface area contributed by atoms with E-state index < -0.39 is 30.1 Å². The molecule has 1 aliphatic heterocycles. The molecule has 1 saturated heterocycles. The molecule has 5 nitrogen and oxygen atoms in total. The molecule has 1 heterocycles. The smallest absolute Gasteiger partial charge is 0.404 e. The first-order valence-corrected chi connectivity index (χ1v) is 11.8. The standard InChI is InChI=1S/C26H33F4N3O2/c1-18(2)17-35-23-10-6-19(7-11-23)15-31-25(34)33(16-20-4-8-21(27)9-5-20)22-12-13-32(3)24(14-22)26(28,29)30/h4-11,18,22,24H,12-17H2,1-3H3,(H,31,34)/t22-,24-/m0/s1. The fourth-order valence-corrected chi connectivity index (χ4v) is 4.13. The van der Waals surface area contributed by atoms with Crippen LogP contribution in [-0.4, -0.2) is 54.3 Å². The first-order chi connectivity index (χ1) is 16.5. The number of piperidine rings is 1. The van der Waals surface area contributed by atoms with E-state index in [0.717, 1.165) is 11.3 Å². The molecular weight excluding hydrogens is 462 g/mol. The van der Waals surface area contributed by atoms with Gasteiger partial charge in [-0.3, -0.25) is 4.90 Å². The Morgan fingerprint density at radius 2 is 1.74 bits per heavy atom. The second-order valence-electron chi connectivity index (χ2n) is 9.48. The van der Waals surface area contributed by atoms with Gasteiger partial charge in [0.05, 0.1) is 6.61 Å². The monoisotopic (exact) mass is 495 g/mol. The summed E-state index contributed by atoms with van der Waals surface area (Å²) in [6, 6.07) is 10.3. The predicted octanol–water partition coefficient (Wildman–Crippen LogP) is 5.60. The molecule has 0 unspecified atom stereocenters. The van der Waals surface area contributed by atoms with E-state index in [1.165, 1.54) is 29.0 Å². The summed E-state index contributed by atoms with van der Waals surface area (Å²) in [5.41, 5.74) is 1.49. The van der Waals surface area contributed by atoms with Gasteiger partial charge in [-0.2, -0.15) is 13.2 Å². The lowest BCUT2D eigenvalue weighted by Gasteiger charge is -2.42. The van der Waals surface area contributed by atoms with E-state index in [-0.39, 0.29) is 26.1 Å². The molecule has 2 atom stereocenters. The van der Waals surface area contributed by atoms with Crippen LogP contribution in [0, 0.1) is 11.7 Å². The highest BCUT2D eigenvalue weighted by Gasteiger charge is 2.46. The number of alkyl halides is 3. The molecule has 35 heavy (non-hydrogen) atoms. The lowest BCUT2D eigenvalue weighted by atomic mass is 9.95. The van der Waals surface area contributed by atoms with Gasteiger partial charge in [-0.25, -0.2) is 9.18 Å². The molecule has 0 radical (unpaired) electrons. The molecule has 0 aromatic heterocycles. The fraction of sp³-hybridized carbons (Fsp3) is 0.500. The quantitative estimate of drug-likeness (QED) is 0.485. The van der Waals surface area contributed by atoms with Gasteiger partial charge in [0.1, 0.15) is 17.6 Å². The highest BCUT2D eigenvalue weighted by molar-refractivity contribution is 5.74. The molecule has 2 aromatic carbocycles. The van der Waals surface area contributed by atoms with Gasteiger partial charge in [0.25, 0.3) is 0 Å². The highest BCUT2D eigenvalue weighted by Crippen LogP contribution is 2.33. The average molecular weight is 496 g/mol. The second-order valence-corrected chi connectivity index (χ2v) is 9.48. The van der Waals surface area contributed by atoms with Crippen LogP contribution in [0.5, 0.6) is 5.75 Å². The zero-order valence-corrected chi connectivity index (χ0v) is 20.3. The van der Waals surface area contributed by atoms with Crippen molar-refractivity contribution >= 4 is 6.03 Å². The number of nitrogens with zero attached hydrogens (tertiary/aromatic N) is 2. The largest absolute Gasteiger partial charge is 0.493 e. The zero-order valence-electron chi connectivity index (χ0n) is 20.3.